The van der Waals surface area contributed by atoms with Crippen LogP contribution < -0.4 is 11.2 Å². The van der Waals surface area contributed by atoms with Gasteiger partial charge in [0.1, 0.15) is 5.69 Å². The van der Waals surface area contributed by atoms with Crippen LogP contribution in [0.25, 0.3) is 22.2 Å². The second-order valence-electron chi connectivity index (χ2n) is 7.37. The fourth-order valence-electron chi connectivity index (χ4n) is 2.99. The molecule has 0 saturated carbocycles. The third-order valence-corrected chi connectivity index (χ3v) is 5.21. The summed E-state index contributed by atoms with van der Waals surface area (Å²) in [5, 5.41) is 0.194. The Bertz CT molecular complexity index is 1090. The van der Waals surface area contributed by atoms with Gasteiger partial charge in [-0.3, -0.25) is 14.6 Å². The average Bonchev–Trinajstić information content (AvgIpc) is 2.56. The van der Waals surface area contributed by atoms with E-state index >= 15 is 0 Å². The second-order valence-corrected chi connectivity index (χ2v) is 8.16. The lowest BCUT2D eigenvalue weighted by Crippen LogP contribution is -2.18. The molecule has 134 valence electrons. The van der Waals surface area contributed by atoms with Crippen LogP contribution in [0.2, 0.25) is 0 Å². The van der Waals surface area contributed by atoms with Crippen LogP contribution in [0.5, 0.6) is 0 Å². The van der Waals surface area contributed by atoms with Crippen molar-refractivity contribution in [2.75, 3.05) is 0 Å². The van der Waals surface area contributed by atoms with Crippen LogP contribution in [-0.4, -0.2) is 15.9 Å². The summed E-state index contributed by atoms with van der Waals surface area (Å²) in [6.07, 6.45) is 1.46. The number of carbonyl (C=O) groups is 1. The summed E-state index contributed by atoms with van der Waals surface area (Å²) in [4.78, 5) is 31.7. The van der Waals surface area contributed by atoms with E-state index < -0.39 is 5.91 Å². The molecule has 26 heavy (non-hydrogen) atoms. The van der Waals surface area contributed by atoms with Crippen LogP contribution >= 0.6 is 15.9 Å². The molecule has 0 spiro atoms. The fourth-order valence-corrected chi connectivity index (χ4v) is 3.50. The first-order valence-electron chi connectivity index (χ1n) is 8.23. The average molecular weight is 414 g/mol. The number of benzene rings is 1. The molecule has 0 aliphatic carbocycles. The Morgan fingerprint density at radius 3 is 2.50 bits per heavy atom. The van der Waals surface area contributed by atoms with Crippen molar-refractivity contribution in [2.24, 2.45) is 5.73 Å². The Hall–Kier alpha value is -2.47. The van der Waals surface area contributed by atoms with Gasteiger partial charge in [0.2, 0.25) is 5.43 Å². The van der Waals surface area contributed by atoms with E-state index in [2.05, 4.69) is 58.8 Å². The zero-order valence-electron chi connectivity index (χ0n) is 15.1. The van der Waals surface area contributed by atoms with E-state index in [4.69, 9.17) is 5.73 Å². The highest BCUT2D eigenvalue weighted by molar-refractivity contribution is 9.10. The maximum absolute atomic E-state index is 12.9. The smallest absolute Gasteiger partial charge is 0.268 e. The maximum atomic E-state index is 12.9. The number of fused-ring (bicyclic) bond motifs is 1. The van der Waals surface area contributed by atoms with Crippen LogP contribution in [0.1, 0.15) is 42.4 Å². The Morgan fingerprint density at radius 2 is 1.92 bits per heavy atom. The van der Waals surface area contributed by atoms with Crippen molar-refractivity contribution in [3.05, 3.63) is 62.0 Å². The first-order valence-corrected chi connectivity index (χ1v) is 9.02. The number of nitrogens with one attached hydrogen (secondary N) is 1. The van der Waals surface area contributed by atoms with Crippen molar-refractivity contribution in [3.63, 3.8) is 0 Å². The molecule has 0 bridgehead atoms. The highest BCUT2D eigenvalue weighted by atomic mass is 79.9. The van der Waals surface area contributed by atoms with Crippen molar-refractivity contribution in [2.45, 2.75) is 33.1 Å². The first-order chi connectivity index (χ1) is 12.1. The molecule has 1 aromatic carbocycles. The lowest BCUT2D eigenvalue weighted by atomic mass is 9.85. The molecule has 3 rings (SSSR count). The van der Waals surface area contributed by atoms with Gasteiger partial charge in [-0.1, -0.05) is 39.0 Å². The summed E-state index contributed by atoms with van der Waals surface area (Å²) in [7, 11) is 0. The Labute approximate surface area is 159 Å². The molecule has 0 saturated heterocycles. The summed E-state index contributed by atoms with van der Waals surface area (Å²) in [5.74, 6) is -0.730. The second kappa shape index (κ2) is 6.36. The molecule has 0 aliphatic rings. The van der Waals surface area contributed by atoms with Gasteiger partial charge in [0, 0.05) is 11.8 Å². The molecule has 0 fully saturated rings. The molecule has 3 N–H and O–H groups in total. The summed E-state index contributed by atoms with van der Waals surface area (Å²) < 4.78 is 0.354. The number of halogens is 1. The van der Waals surface area contributed by atoms with Crippen molar-refractivity contribution >= 4 is 32.7 Å². The monoisotopic (exact) mass is 413 g/mol. The van der Waals surface area contributed by atoms with Gasteiger partial charge in [-0.25, -0.2) is 0 Å². The van der Waals surface area contributed by atoms with Crippen LogP contribution in [0.4, 0.5) is 0 Å². The number of aromatic nitrogens is 2. The lowest BCUT2D eigenvalue weighted by Gasteiger charge is -2.21. The van der Waals surface area contributed by atoms with Crippen molar-refractivity contribution in [1.29, 1.82) is 0 Å². The molecule has 0 atom stereocenters. The summed E-state index contributed by atoms with van der Waals surface area (Å²) in [5.41, 5.74) is 9.44. The molecule has 2 aromatic heterocycles. The SMILES string of the molecule is Cc1cc(C(C)(C)C)ccc1-c1[nH]c2ccnc(C(N)=O)c2c(=O)c1Br. The van der Waals surface area contributed by atoms with Gasteiger partial charge in [0.25, 0.3) is 5.91 Å². The van der Waals surface area contributed by atoms with E-state index in [1.165, 1.54) is 11.8 Å². The van der Waals surface area contributed by atoms with Crippen molar-refractivity contribution in [1.82, 2.24) is 9.97 Å². The van der Waals surface area contributed by atoms with Crippen molar-refractivity contribution < 1.29 is 4.79 Å². The third kappa shape index (κ3) is 3.05. The maximum Gasteiger partial charge on any atom is 0.268 e. The molecule has 5 nitrogen and oxygen atoms in total. The van der Waals surface area contributed by atoms with E-state index in [1.54, 1.807) is 6.07 Å². The standard InChI is InChI=1S/C20H20BrN3O2/c1-10-9-11(20(2,3)4)5-6-12(10)16-15(21)18(25)14-13(24-16)7-8-23-17(14)19(22)26/h5-9H,1-4H3,(H2,22,26)(H,24,25). The number of H-pyrrole nitrogens is 1. The van der Waals surface area contributed by atoms with Gasteiger partial charge >= 0.3 is 0 Å². The fraction of sp³-hybridized carbons (Fsp3) is 0.250. The molecule has 3 aromatic rings. The van der Waals surface area contributed by atoms with E-state index in [1.807, 2.05) is 13.0 Å². The zero-order valence-corrected chi connectivity index (χ0v) is 16.7. The minimum absolute atomic E-state index is 0.0317. The molecule has 0 aliphatic heterocycles. The van der Waals surface area contributed by atoms with E-state index in [0.717, 1.165) is 11.1 Å². The summed E-state index contributed by atoms with van der Waals surface area (Å²) >= 11 is 3.39. The Balaban J connectivity index is 2.30. The number of nitrogens with zero attached hydrogens (tertiary/aromatic N) is 1. The summed E-state index contributed by atoms with van der Waals surface area (Å²) in [6, 6.07) is 7.87. The largest absolute Gasteiger partial charge is 0.364 e. The van der Waals surface area contributed by atoms with Gasteiger partial charge in [0.05, 0.1) is 21.1 Å². The van der Waals surface area contributed by atoms with Gasteiger partial charge in [-0.15, -0.1) is 0 Å². The number of amides is 1. The predicted molar refractivity (Wildman–Crippen MR) is 107 cm³/mol. The van der Waals surface area contributed by atoms with Crippen LogP contribution in [0.15, 0.2) is 39.7 Å². The predicted octanol–water partition coefficient (Wildman–Crippen LogP) is 4.06. The minimum atomic E-state index is -0.730. The number of carbonyl (C=O) groups excluding carboxylic acids is 1. The molecular formula is C20H20BrN3O2. The molecule has 2 heterocycles. The van der Waals surface area contributed by atoms with Gasteiger partial charge in [-0.2, -0.15) is 0 Å². The zero-order chi connectivity index (χ0) is 19.2. The quantitative estimate of drug-likeness (QED) is 0.663. The van der Waals surface area contributed by atoms with Gasteiger partial charge in [0.15, 0.2) is 0 Å². The number of hydrogen-bond donors (Lipinski definition) is 2. The molecule has 0 radical (unpaired) electrons. The van der Waals surface area contributed by atoms with E-state index in [-0.39, 0.29) is 21.9 Å². The highest BCUT2D eigenvalue weighted by Crippen LogP contribution is 2.32. The van der Waals surface area contributed by atoms with E-state index in [9.17, 15) is 9.59 Å². The molecular weight excluding hydrogens is 394 g/mol. The van der Waals surface area contributed by atoms with Crippen LogP contribution in [0, 0.1) is 6.92 Å². The van der Waals surface area contributed by atoms with Crippen LogP contribution in [0.3, 0.4) is 0 Å². The summed E-state index contributed by atoms with van der Waals surface area (Å²) in [6.45, 7) is 8.50. The molecule has 6 heteroatoms. The number of aromatic amines is 1. The van der Waals surface area contributed by atoms with Gasteiger partial charge in [-0.05, 0) is 45.5 Å². The first kappa shape index (κ1) is 18.3. The number of primary amides is 1. The van der Waals surface area contributed by atoms with Crippen LogP contribution in [-0.2, 0) is 5.41 Å². The number of rotatable bonds is 2. The lowest BCUT2D eigenvalue weighted by molar-refractivity contribution is 0.0997. The Morgan fingerprint density at radius 1 is 1.23 bits per heavy atom. The van der Waals surface area contributed by atoms with Crippen molar-refractivity contribution in [3.8, 4) is 11.3 Å². The number of hydrogen-bond acceptors (Lipinski definition) is 3. The third-order valence-electron chi connectivity index (χ3n) is 4.45. The molecule has 1 amide bonds. The normalized spacial score (nSPS) is 11.7. The molecule has 0 unspecified atom stereocenters. The number of nitrogens with two attached hydrogens (primary N) is 1. The number of pyridine rings is 2. The Kier molecular flexibility index (Phi) is 4.48. The highest BCUT2D eigenvalue weighted by Gasteiger charge is 2.20. The minimum Gasteiger partial charge on any atom is -0.364 e. The topological polar surface area (TPSA) is 88.8 Å². The number of aryl methyl sites for hydroxylation is 1. The van der Waals surface area contributed by atoms with Gasteiger partial charge < -0.3 is 10.7 Å². The van der Waals surface area contributed by atoms with E-state index in [0.29, 0.717) is 15.7 Å².